The molecule has 1 fully saturated rings. The third kappa shape index (κ3) is 8.31. The lowest BCUT2D eigenvalue weighted by Crippen LogP contribution is -2.76. The number of amides is 2. The second kappa shape index (κ2) is 15.9. The van der Waals surface area contributed by atoms with Crippen molar-refractivity contribution in [2.45, 2.75) is 43.6 Å². The van der Waals surface area contributed by atoms with Gasteiger partial charge >= 0.3 is 0 Å². The molecule has 0 bridgehead atoms. The van der Waals surface area contributed by atoms with Crippen LogP contribution in [0.3, 0.4) is 0 Å². The SMILES string of the molecule is COSON1C(=O)[C@@H](NC(=O)/C(=N\OCCOc2ccc3c(c2)c[n+](CC(O)CN)n3C)C2=CSC(N)N2)C1(C)C.O=CO. The van der Waals surface area contributed by atoms with E-state index in [1.165, 1.54) is 18.9 Å². The summed E-state index contributed by atoms with van der Waals surface area (Å²) in [6.07, 6.45) is 1.27. The van der Waals surface area contributed by atoms with Crippen LogP contribution in [0.2, 0.25) is 0 Å². The van der Waals surface area contributed by atoms with E-state index in [1.54, 1.807) is 19.3 Å². The van der Waals surface area contributed by atoms with Crippen molar-refractivity contribution in [2.75, 3.05) is 26.9 Å². The quantitative estimate of drug-likeness (QED) is 0.0270. The number of fused-ring (bicyclic) bond motifs is 1. The van der Waals surface area contributed by atoms with Gasteiger partial charge in [0, 0.05) is 12.0 Å². The lowest BCUT2D eigenvalue weighted by atomic mass is 9.84. The molecule has 1 aromatic heterocycles. The smallest absolute Gasteiger partial charge is 0.290 e. The molecule has 19 heteroatoms. The number of oxime groups is 1. The van der Waals surface area contributed by atoms with Crippen molar-refractivity contribution >= 4 is 59.0 Å². The molecule has 1 aromatic carbocycles. The predicted molar refractivity (Wildman–Crippen MR) is 161 cm³/mol. The third-order valence-corrected chi connectivity index (χ3v) is 7.64. The zero-order valence-corrected chi connectivity index (χ0v) is 26.2. The number of rotatable bonds is 14. The molecule has 8 N–H and O–H groups in total. The monoisotopic (exact) mass is 657 g/mol. The van der Waals surface area contributed by atoms with Gasteiger partial charge in [0.25, 0.3) is 18.3 Å². The molecule has 44 heavy (non-hydrogen) atoms. The number of aliphatic hydroxyl groups excluding tert-OH is 1. The molecular formula is C25H37N8O9S2+. The maximum Gasteiger partial charge on any atom is 0.290 e. The van der Waals surface area contributed by atoms with Crippen LogP contribution in [0.25, 0.3) is 10.9 Å². The van der Waals surface area contributed by atoms with Crippen LogP contribution < -0.4 is 31.5 Å². The topological polar surface area (TPSA) is 229 Å². The van der Waals surface area contributed by atoms with E-state index in [0.29, 0.717) is 30.3 Å². The van der Waals surface area contributed by atoms with Crippen molar-refractivity contribution < 1.29 is 47.3 Å². The molecule has 1 saturated heterocycles. The average molecular weight is 658 g/mol. The molecule has 3 atom stereocenters. The lowest BCUT2D eigenvalue weighted by molar-refractivity contribution is -0.775. The predicted octanol–water partition coefficient (Wildman–Crippen LogP) is -1.10. The number of ether oxygens (including phenoxy) is 1. The van der Waals surface area contributed by atoms with Crippen LogP contribution in [0.15, 0.2) is 40.7 Å². The lowest BCUT2D eigenvalue weighted by Gasteiger charge is -2.50. The molecule has 2 amide bonds. The van der Waals surface area contributed by atoms with Gasteiger partial charge in [0.2, 0.25) is 6.20 Å². The van der Waals surface area contributed by atoms with Gasteiger partial charge in [-0.25, -0.2) is 0 Å². The van der Waals surface area contributed by atoms with Gasteiger partial charge in [0.1, 0.15) is 35.5 Å². The highest BCUT2D eigenvalue weighted by Crippen LogP contribution is 2.34. The largest absolute Gasteiger partial charge is 0.490 e. The fraction of sp³-hybridized carbons (Fsp3) is 0.480. The molecule has 2 aliphatic heterocycles. The molecule has 2 aliphatic rings. The number of nitrogens with two attached hydrogens (primary N) is 2. The number of thioether (sulfide) groups is 1. The number of benzene rings is 1. The normalized spacial score (nSPS) is 19.7. The zero-order chi connectivity index (χ0) is 32.4. The Hall–Kier alpha value is -3.59. The van der Waals surface area contributed by atoms with E-state index in [9.17, 15) is 14.7 Å². The highest BCUT2D eigenvalue weighted by Gasteiger charge is 2.57. The maximum atomic E-state index is 13.2. The molecule has 17 nitrogen and oxygen atoms in total. The fourth-order valence-electron chi connectivity index (χ4n) is 4.26. The number of hydroxylamine groups is 2. The summed E-state index contributed by atoms with van der Waals surface area (Å²) in [5.41, 5.74) is 11.4. The Labute approximate surface area is 261 Å². The van der Waals surface area contributed by atoms with Crippen molar-refractivity contribution in [1.29, 1.82) is 0 Å². The van der Waals surface area contributed by atoms with Crippen molar-refractivity contribution in [3.63, 3.8) is 0 Å². The number of carbonyl (C=O) groups excluding carboxylic acids is 2. The van der Waals surface area contributed by atoms with Crippen LogP contribution in [-0.4, -0.2) is 94.0 Å². The Balaban J connectivity index is 0.00000169. The minimum atomic E-state index is -0.852. The van der Waals surface area contributed by atoms with Crippen molar-refractivity contribution in [1.82, 2.24) is 20.4 Å². The average Bonchev–Trinajstić information content (AvgIpc) is 3.55. The number of hydrogen-bond acceptors (Lipinski definition) is 14. The molecule has 0 radical (unpaired) electrons. The summed E-state index contributed by atoms with van der Waals surface area (Å²) in [6, 6.07) is 4.77. The number of β-lactam (4-membered cyclic amide) rings is 1. The molecule has 4 rings (SSSR count). The Morgan fingerprint density at radius 3 is 2.73 bits per heavy atom. The zero-order valence-electron chi connectivity index (χ0n) is 24.5. The first-order chi connectivity index (χ1) is 21.0. The molecule has 2 aromatic rings. The standard InChI is InChI=1S/C24H34N8O7S2.CH2O2/c1-24(2)20(22(35)32(24)39-41-36-4)28-21(34)19(17-13-40-23(26)27-17)29-38-8-7-37-16-5-6-18-14(9-16)11-31(30(18)3)12-15(33)10-25;2-1-3/h5-6,9,11,13,15,20,23,27,33H,7-8,10,12,25-26H2,1-4H3;1H,(H,2,3)/p+1/b29-19-;/t15?,20-,23?;/m1./s1. The third-order valence-electron chi connectivity index (χ3n) is 6.52. The van der Waals surface area contributed by atoms with E-state index in [1.807, 2.05) is 40.8 Å². The first-order valence-corrected chi connectivity index (χ1v) is 14.8. The van der Waals surface area contributed by atoms with Crippen molar-refractivity contribution in [2.24, 2.45) is 23.7 Å². The maximum absolute atomic E-state index is 13.2. The van der Waals surface area contributed by atoms with Crippen LogP contribution in [-0.2, 0) is 41.3 Å². The number of carbonyl (C=O) groups is 3. The number of hydrogen-bond donors (Lipinski definition) is 6. The molecular weight excluding hydrogens is 620 g/mol. The number of nitrogens with zero attached hydrogens (tertiary/aromatic N) is 4. The van der Waals surface area contributed by atoms with Crippen LogP contribution in [0.1, 0.15) is 13.8 Å². The summed E-state index contributed by atoms with van der Waals surface area (Å²) in [4.78, 5) is 39.5. The second-order valence-electron chi connectivity index (χ2n) is 9.85. The Morgan fingerprint density at radius 2 is 2.11 bits per heavy atom. The molecule has 242 valence electrons. The first-order valence-electron chi connectivity index (χ1n) is 13.2. The van der Waals surface area contributed by atoms with Gasteiger partial charge in [-0.3, -0.25) is 18.6 Å². The highest BCUT2D eigenvalue weighted by atomic mass is 32.2. The van der Waals surface area contributed by atoms with Crippen molar-refractivity contribution in [3.05, 3.63) is 35.5 Å². The second-order valence-corrected chi connectivity index (χ2v) is 11.5. The van der Waals surface area contributed by atoms with Gasteiger partial charge < -0.3 is 41.9 Å². The van der Waals surface area contributed by atoms with Gasteiger partial charge in [-0.05, 0) is 32.0 Å². The Bertz CT molecular complexity index is 1390. The number of carboxylic acid groups (broad SMARTS) is 1. The number of aryl methyl sites for hydroxylation is 1. The summed E-state index contributed by atoms with van der Waals surface area (Å²) < 4.78 is 19.6. The van der Waals surface area contributed by atoms with E-state index in [-0.39, 0.29) is 31.9 Å². The summed E-state index contributed by atoms with van der Waals surface area (Å²) in [5, 5.41) is 30.2. The van der Waals surface area contributed by atoms with E-state index in [0.717, 1.165) is 16.0 Å². The van der Waals surface area contributed by atoms with Gasteiger partial charge in [0.15, 0.2) is 31.2 Å². The molecule has 0 saturated carbocycles. The van der Waals surface area contributed by atoms with Crippen LogP contribution in [0.4, 0.5) is 0 Å². The van der Waals surface area contributed by atoms with Crippen LogP contribution in [0.5, 0.6) is 5.75 Å². The fourth-order valence-corrected chi connectivity index (χ4v) is 5.31. The van der Waals surface area contributed by atoms with E-state index in [2.05, 4.69) is 15.8 Å². The molecule has 2 unspecified atom stereocenters. The minimum absolute atomic E-state index is 0.0441. The van der Waals surface area contributed by atoms with Gasteiger partial charge in [0.05, 0.1) is 30.8 Å². The first kappa shape index (κ1) is 34.9. The number of nitrogens with one attached hydrogen (secondary N) is 2. The van der Waals surface area contributed by atoms with E-state index >= 15 is 0 Å². The van der Waals surface area contributed by atoms with Crippen molar-refractivity contribution in [3.8, 4) is 5.75 Å². The van der Waals surface area contributed by atoms with Crippen LogP contribution >= 0.6 is 24.1 Å². The Morgan fingerprint density at radius 1 is 1.39 bits per heavy atom. The minimum Gasteiger partial charge on any atom is -0.490 e. The molecule has 0 aliphatic carbocycles. The van der Waals surface area contributed by atoms with Gasteiger partial charge in [-0.15, -0.1) is 4.68 Å². The van der Waals surface area contributed by atoms with Gasteiger partial charge in [-0.1, -0.05) is 16.9 Å². The molecule has 3 heterocycles. The van der Waals surface area contributed by atoms with E-state index < -0.39 is 35.0 Å². The number of aromatic nitrogens is 2. The highest BCUT2D eigenvalue weighted by molar-refractivity contribution is 8.02. The Kier molecular flexibility index (Phi) is 12.6. The van der Waals surface area contributed by atoms with Gasteiger partial charge in [-0.2, -0.15) is 14.0 Å². The van der Waals surface area contributed by atoms with E-state index in [4.69, 9.17) is 39.4 Å². The summed E-state index contributed by atoms with van der Waals surface area (Å²) >= 11 is 1.93. The summed E-state index contributed by atoms with van der Waals surface area (Å²) in [6.45, 7) is 3.99. The summed E-state index contributed by atoms with van der Waals surface area (Å²) in [5.74, 6) is -0.434. The molecule has 0 spiro atoms. The summed E-state index contributed by atoms with van der Waals surface area (Å²) in [7, 11) is 3.31. The number of aliphatic hydroxyl groups is 1. The van der Waals surface area contributed by atoms with Crippen LogP contribution in [0, 0.1) is 0 Å².